The predicted molar refractivity (Wildman–Crippen MR) is 109 cm³/mol. The lowest BCUT2D eigenvalue weighted by Crippen LogP contribution is -2.22. The van der Waals surface area contributed by atoms with Gasteiger partial charge in [-0.05, 0) is 29.7 Å². The van der Waals surface area contributed by atoms with Crippen molar-refractivity contribution in [3.63, 3.8) is 0 Å². The number of amides is 1. The third-order valence-electron chi connectivity index (χ3n) is 4.80. The van der Waals surface area contributed by atoms with E-state index in [1.54, 1.807) is 25.1 Å². The van der Waals surface area contributed by atoms with Gasteiger partial charge in [0.05, 0.1) is 18.4 Å². The number of carbonyl (C=O) groups is 1. The van der Waals surface area contributed by atoms with Gasteiger partial charge in [-0.3, -0.25) is 9.87 Å². The number of ether oxygens (including phenoxy) is 2. The molecule has 3 rings (SSSR count). The van der Waals surface area contributed by atoms with E-state index in [1.807, 2.05) is 37.3 Å². The van der Waals surface area contributed by atoms with Gasteiger partial charge in [0, 0.05) is 5.92 Å². The van der Waals surface area contributed by atoms with Crippen LogP contribution in [0.15, 0.2) is 59.5 Å². The minimum atomic E-state index is -4.57. The maximum Gasteiger partial charge on any atom is 0.412 e. The molecule has 1 aliphatic rings. The fraction of sp³-hybridized carbons (Fsp3) is 0.286. The minimum Gasteiger partial charge on any atom is -0.444 e. The summed E-state index contributed by atoms with van der Waals surface area (Å²) in [5.41, 5.74) is 2.11. The smallest absolute Gasteiger partial charge is 0.412 e. The van der Waals surface area contributed by atoms with Crippen molar-refractivity contribution in [2.75, 3.05) is 11.9 Å². The van der Waals surface area contributed by atoms with Crippen molar-refractivity contribution >= 4 is 21.9 Å². The van der Waals surface area contributed by atoms with Crippen LogP contribution in [0.5, 0.6) is 0 Å². The average Bonchev–Trinajstić information content (AvgIpc) is 3.21. The van der Waals surface area contributed by atoms with E-state index in [-0.39, 0.29) is 29.2 Å². The van der Waals surface area contributed by atoms with Crippen LogP contribution in [0.25, 0.3) is 0 Å². The standard InChI is InChI=1S/C21H23NO6S/c1-14-10-11-18(29(24,25)26)20(19(14)15(2)17-9-6-12-27-17)22-21(23)28-13-16-7-4-3-5-8-16/h3-11,15,17H,12-13H2,1-2H3,(H,22,23)(H,24,25,26)/t15-,17+/m1/s1. The minimum absolute atomic E-state index is 0.00182. The van der Waals surface area contributed by atoms with Crippen molar-refractivity contribution < 1.29 is 27.2 Å². The van der Waals surface area contributed by atoms with Gasteiger partial charge < -0.3 is 9.47 Å². The highest BCUT2D eigenvalue weighted by molar-refractivity contribution is 7.86. The maximum atomic E-state index is 12.4. The molecule has 0 aromatic heterocycles. The van der Waals surface area contributed by atoms with E-state index in [0.29, 0.717) is 12.2 Å². The summed E-state index contributed by atoms with van der Waals surface area (Å²) in [6.07, 6.45) is 2.68. The van der Waals surface area contributed by atoms with Crippen LogP contribution in [0.4, 0.5) is 10.5 Å². The lowest BCUT2D eigenvalue weighted by Gasteiger charge is -2.24. The molecule has 1 aliphatic heterocycles. The van der Waals surface area contributed by atoms with Crippen molar-refractivity contribution in [3.8, 4) is 0 Å². The van der Waals surface area contributed by atoms with Gasteiger partial charge in [-0.1, -0.05) is 55.5 Å². The van der Waals surface area contributed by atoms with Gasteiger partial charge in [0.2, 0.25) is 0 Å². The van der Waals surface area contributed by atoms with Gasteiger partial charge in [0.15, 0.2) is 0 Å². The average molecular weight is 417 g/mol. The summed E-state index contributed by atoms with van der Waals surface area (Å²) in [5.74, 6) is -0.264. The second kappa shape index (κ2) is 8.77. The largest absolute Gasteiger partial charge is 0.444 e. The number of carbonyl (C=O) groups excluding carboxylic acids is 1. The first-order valence-electron chi connectivity index (χ1n) is 9.14. The van der Waals surface area contributed by atoms with Gasteiger partial charge in [0.1, 0.15) is 11.5 Å². The zero-order valence-corrected chi connectivity index (χ0v) is 17.0. The molecule has 2 atom stereocenters. The summed E-state index contributed by atoms with van der Waals surface area (Å²) >= 11 is 0. The lowest BCUT2D eigenvalue weighted by molar-refractivity contribution is 0.110. The van der Waals surface area contributed by atoms with Gasteiger partial charge >= 0.3 is 6.09 Å². The molecule has 0 aliphatic carbocycles. The molecule has 0 saturated heterocycles. The zero-order valence-electron chi connectivity index (χ0n) is 16.2. The first-order valence-corrected chi connectivity index (χ1v) is 10.6. The first-order chi connectivity index (χ1) is 13.8. The summed E-state index contributed by atoms with van der Waals surface area (Å²) < 4.78 is 44.4. The molecule has 0 fully saturated rings. The Kier molecular flexibility index (Phi) is 6.36. The number of nitrogens with one attached hydrogen (secondary N) is 1. The molecule has 1 heterocycles. The molecular weight excluding hydrogens is 394 g/mol. The van der Waals surface area contributed by atoms with Gasteiger partial charge in [-0.25, -0.2) is 4.79 Å². The van der Waals surface area contributed by atoms with E-state index >= 15 is 0 Å². The Morgan fingerprint density at radius 3 is 2.62 bits per heavy atom. The van der Waals surface area contributed by atoms with Crippen LogP contribution < -0.4 is 5.32 Å². The summed E-state index contributed by atoms with van der Waals surface area (Å²) in [7, 11) is -4.57. The Labute approximate surface area is 170 Å². The molecular formula is C21H23NO6S. The highest BCUT2D eigenvalue weighted by Gasteiger charge is 2.29. The topological polar surface area (TPSA) is 102 Å². The van der Waals surface area contributed by atoms with Crippen molar-refractivity contribution in [2.24, 2.45) is 0 Å². The van der Waals surface area contributed by atoms with E-state index in [1.165, 1.54) is 6.07 Å². The molecule has 0 spiro atoms. The Morgan fingerprint density at radius 1 is 1.28 bits per heavy atom. The number of anilines is 1. The fourth-order valence-corrected chi connectivity index (χ4v) is 4.04. The lowest BCUT2D eigenvalue weighted by atomic mass is 9.90. The first kappa shape index (κ1) is 21.0. The molecule has 0 bridgehead atoms. The summed E-state index contributed by atoms with van der Waals surface area (Å²) in [6.45, 7) is 4.17. The third kappa shape index (κ3) is 5.03. The molecule has 2 aromatic carbocycles. The Bertz CT molecular complexity index is 1020. The van der Waals surface area contributed by atoms with Crippen LogP contribution >= 0.6 is 0 Å². The molecule has 2 aromatic rings. The normalized spacial score (nSPS) is 17.1. The predicted octanol–water partition coefficient (Wildman–Crippen LogP) is 4.05. The quantitative estimate of drug-likeness (QED) is 0.543. The molecule has 29 heavy (non-hydrogen) atoms. The highest BCUT2D eigenvalue weighted by Crippen LogP contribution is 2.37. The maximum absolute atomic E-state index is 12.4. The second-order valence-corrected chi connectivity index (χ2v) is 8.24. The van der Waals surface area contributed by atoms with Crippen LogP contribution in [0.2, 0.25) is 0 Å². The summed E-state index contributed by atoms with van der Waals surface area (Å²) in [5, 5.41) is 2.52. The van der Waals surface area contributed by atoms with Crippen LogP contribution in [-0.2, 0) is 26.2 Å². The molecule has 0 radical (unpaired) electrons. The van der Waals surface area contributed by atoms with Crippen molar-refractivity contribution in [1.29, 1.82) is 0 Å². The molecule has 7 nitrogen and oxygen atoms in total. The molecule has 0 unspecified atom stereocenters. The van der Waals surface area contributed by atoms with Gasteiger partial charge in [-0.15, -0.1) is 0 Å². The van der Waals surface area contributed by atoms with E-state index in [2.05, 4.69) is 5.32 Å². The third-order valence-corrected chi connectivity index (χ3v) is 5.70. The van der Waals surface area contributed by atoms with Crippen molar-refractivity contribution in [2.45, 2.75) is 37.4 Å². The Hall–Kier alpha value is -2.68. The zero-order chi connectivity index (χ0) is 21.0. The monoisotopic (exact) mass is 417 g/mol. The van der Waals surface area contributed by atoms with Gasteiger partial charge in [-0.2, -0.15) is 8.42 Å². The number of benzene rings is 2. The SMILES string of the molecule is Cc1ccc(S(=O)(=O)O)c(NC(=O)OCc2ccccc2)c1[C@H](C)[C@@H]1C=CCO1. The van der Waals surface area contributed by atoms with Crippen LogP contribution in [0.3, 0.4) is 0 Å². The van der Waals surface area contributed by atoms with Crippen LogP contribution in [0.1, 0.15) is 29.5 Å². The van der Waals surface area contributed by atoms with E-state index in [0.717, 1.165) is 11.1 Å². The van der Waals surface area contributed by atoms with E-state index in [9.17, 15) is 17.8 Å². The molecule has 0 saturated carbocycles. The van der Waals surface area contributed by atoms with Crippen LogP contribution in [-0.4, -0.2) is 31.8 Å². The highest BCUT2D eigenvalue weighted by atomic mass is 32.2. The molecule has 154 valence electrons. The fourth-order valence-electron chi connectivity index (χ4n) is 3.38. The molecule has 8 heteroatoms. The molecule has 1 amide bonds. The number of rotatable bonds is 6. The number of aryl methyl sites for hydroxylation is 1. The van der Waals surface area contributed by atoms with Gasteiger partial charge in [0.25, 0.3) is 10.1 Å². The van der Waals surface area contributed by atoms with Crippen molar-refractivity contribution in [1.82, 2.24) is 0 Å². The Morgan fingerprint density at radius 2 is 2.00 bits per heavy atom. The summed E-state index contributed by atoms with van der Waals surface area (Å²) in [6, 6.07) is 12.0. The number of hydrogen-bond acceptors (Lipinski definition) is 5. The number of hydrogen-bond donors (Lipinski definition) is 2. The Balaban J connectivity index is 1.92. The van der Waals surface area contributed by atoms with E-state index in [4.69, 9.17) is 9.47 Å². The summed E-state index contributed by atoms with van der Waals surface area (Å²) in [4.78, 5) is 12.0. The molecule has 2 N–H and O–H groups in total. The van der Waals surface area contributed by atoms with Crippen molar-refractivity contribution in [3.05, 3.63) is 71.3 Å². The second-order valence-electron chi connectivity index (χ2n) is 6.85. The van der Waals surface area contributed by atoms with Crippen LogP contribution in [0, 0.1) is 6.92 Å². The van der Waals surface area contributed by atoms with E-state index < -0.39 is 16.2 Å².